The summed E-state index contributed by atoms with van der Waals surface area (Å²) in [6.45, 7) is -0.347. The van der Waals surface area contributed by atoms with Crippen molar-refractivity contribution in [3.63, 3.8) is 0 Å². The van der Waals surface area contributed by atoms with Crippen molar-refractivity contribution in [3.8, 4) is 5.75 Å². The summed E-state index contributed by atoms with van der Waals surface area (Å²) in [5.74, 6) is -4.76. The van der Waals surface area contributed by atoms with Crippen LogP contribution in [0.5, 0.6) is 5.75 Å². The fourth-order valence-corrected chi connectivity index (χ4v) is 4.66. The molecule has 10 nitrogen and oxygen atoms in total. The second kappa shape index (κ2) is 7.61. The molecule has 0 spiro atoms. The van der Waals surface area contributed by atoms with E-state index in [-0.39, 0.29) is 35.5 Å². The van der Waals surface area contributed by atoms with Crippen LogP contribution in [-0.4, -0.2) is 31.8 Å². The number of phosphoric ester groups is 1. The topological polar surface area (TPSA) is 132 Å². The lowest BCUT2D eigenvalue weighted by Crippen LogP contribution is -2.44. The zero-order valence-corrected chi connectivity index (χ0v) is 16.7. The van der Waals surface area contributed by atoms with Crippen molar-refractivity contribution < 1.29 is 41.9 Å². The predicted octanol–water partition coefficient (Wildman–Crippen LogP) is 2.23. The second-order valence-corrected chi connectivity index (χ2v) is 8.52. The van der Waals surface area contributed by atoms with E-state index in [1.54, 1.807) is 0 Å². The largest absolute Gasteiger partial charge is 0.534 e. The molecule has 30 heavy (non-hydrogen) atoms. The summed E-state index contributed by atoms with van der Waals surface area (Å²) in [6, 6.07) is 3.38. The number of phosphoric acid groups is 1. The fraction of sp³-hybridized carbons (Fsp3) is 0.375. The SMILES string of the molecule is O=c1[nH]c(=S)n(C2CCC(C(O)(O)OP3(=O)OCc4cc(F)ccc4O3)O2)cc1F. The summed E-state index contributed by atoms with van der Waals surface area (Å²) < 4.78 is 60.8. The lowest BCUT2D eigenvalue weighted by atomic mass is 10.2. The minimum absolute atomic E-state index is 0.00187. The number of aliphatic hydroxyl groups is 2. The third-order valence-corrected chi connectivity index (χ3v) is 6.18. The van der Waals surface area contributed by atoms with Gasteiger partial charge in [-0.05, 0) is 43.3 Å². The van der Waals surface area contributed by atoms with E-state index < -0.39 is 43.3 Å². The van der Waals surface area contributed by atoms with Crippen molar-refractivity contribution in [1.29, 1.82) is 0 Å². The van der Waals surface area contributed by atoms with Gasteiger partial charge in [-0.2, -0.15) is 4.39 Å². The molecule has 0 bridgehead atoms. The van der Waals surface area contributed by atoms with Gasteiger partial charge in [-0.3, -0.25) is 18.9 Å². The summed E-state index contributed by atoms with van der Waals surface area (Å²) in [5.41, 5.74) is -0.740. The van der Waals surface area contributed by atoms with Crippen molar-refractivity contribution in [3.05, 3.63) is 56.7 Å². The fourth-order valence-electron chi connectivity index (χ4n) is 3.09. The monoisotopic (exact) mass is 464 g/mol. The molecule has 1 saturated heterocycles. The van der Waals surface area contributed by atoms with Gasteiger partial charge in [0.05, 0.1) is 12.8 Å². The molecule has 2 aromatic rings. The maximum Gasteiger partial charge on any atom is 0.534 e. The van der Waals surface area contributed by atoms with Gasteiger partial charge in [0, 0.05) is 5.56 Å². The molecule has 1 aromatic heterocycles. The molecule has 1 fully saturated rings. The Kier molecular flexibility index (Phi) is 5.39. The highest BCUT2D eigenvalue weighted by Gasteiger charge is 2.50. The zero-order chi connectivity index (χ0) is 21.7. The Bertz CT molecular complexity index is 1150. The molecule has 2 aliphatic heterocycles. The van der Waals surface area contributed by atoms with Crippen LogP contribution in [0.4, 0.5) is 8.78 Å². The number of rotatable bonds is 4. The number of benzene rings is 1. The highest BCUT2D eigenvalue weighted by Crippen LogP contribution is 2.57. The maximum absolute atomic E-state index is 13.6. The highest BCUT2D eigenvalue weighted by atomic mass is 32.1. The molecule has 0 saturated carbocycles. The first-order valence-electron chi connectivity index (χ1n) is 8.61. The van der Waals surface area contributed by atoms with E-state index >= 15 is 0 Å². The minimum atomic E-state index is -4.49. The number of H-pyrrole nitrogens is 1. The van der Waals surface area contributed by atoms with Gasteiger partial charge in [-0.15, -0.1) is 0 Å². The van der Waals surface area contributed by atoms with Gasteiger partial charge in [-0.25, -0.2) is 13.5 Å². The first-order chi connectivity index (χ1) is 14.1. The molecule has 162 valence electrons. The Morgan fingerprint density at radius 1 is 1.33 bits per heavy atom. The molecule has 14 heteroatoms. The van der Waals surface area contributed by atoms with Crippen molar-refractivity contribution in [2.75, 3.05) is 0 Å². The number of hydrogen-bond donors (Lipinski definition) is 3. The molecular formula is C16H15F2N2O8PS. The normalized spacial score (nSPS) is 26.3. The summed E-state index contributed by atoms with van der Waals surface area (Å²) in [4.78, 5) is 13.4. The number of ether oxygens (including phenoxy) is 1. The van der Waals surface area contributed by atoms with Gasteiger partial charge in [0.2, 0.25) is 5.82 Å². The third-order valence-electron chi connectivity index (χ3n) is 4.51. The van der Waals surface area contributed by atoms with Gasteiger partial charge in [0.1, 0.15) is 23.9 Å². The molecule has 3 N–H and O–H groups in total. The van der Waals surface area contributed by atoms with Crippen LogP contribution in [0.2, 0.25) is 0 Å². The first kappa shape index (κ1) is 21.2. The van der Waals surface area contributed by atoms with E-state index in [4.69, 9.17) is 30.5 Å². The summed E-state index contributed by atoms with van der Waals surface area (Å²) >= 11 is 4.96. The number of nitrogens with zero attached hydrogens (tertiary/aromatic N) is 1. The summed E-state index contributed by atoms with van der Waals surface area (Å²) in [5, 5.41) is 20.6. The van der Waals surface area contributed by atoms with Gasteiger partial charge < -0.3 is 19.5 Å². The molecule has 4 rings (SSSR count). The van der Waals surface area contributed by atoms with Crippen molar-refractivity contribution in [1.82, 2.24) is 9.55 Å². The molecule has 3 atom stereocenters. The number of aromatic amines is 1. The average molecular weight is 464 g/mol. The molecule has 3 unspecified atom stereocenters. The van der Waals surface area contributed by atoms with Gasteiger partial charge >= 0.3 is 13.8 Å². The Hall–Kier alpha value is -1.99. The van der Waals surface area contributed by atoms with Crippen LogP contribution in [0.25, 0.3) is 0 Å². The second-order valence-electron chi connectivity index (χ2n) is 6.61. The Morgan fingerprint density at radius 3 is 2.87 bits per heavy atom. The van der Waals surface area contributed by atoms with Gasteiger partial charge in [0.25, 0.3) is 5.56 Å². The van der Waals surface area contributed by atoms with E-state index in [1.807, 2.05) is 0 Å². The van der Waals surface area contributed by atoms with E-state index in [9.17, 15) is 28.4 Å². The highest BCUT2D eigenvalue weighted by molar-refractivity contribution is 7.71. The van der Waals surface area contributed by atoms with Crippen LogP contribution in [0.3, 0.4) is 0 Å². The van der Waals surface area contributed by atoms with E-state index in [1.165, 1.54) is 6.07 Å². The van der Waals surface area contributed by atoms with Crippen LogP contribution < -0.4 is 10.1 Å². The molecule has 3 heterocycles. The van der Waals surface area contributed by atoms with Crippen LogP contribution in [-0.2, 0) is 25.0 Å². The van der Waals surface area contributed by atoms with E-state index in [0.29, 0.717) is 0 Å². The van der Waals surface area contributed by atoms with Crippen molar-refractivity contribution in [2.24, 2.45) is 0 Å². The predicted molar refractivity (Wildman–Crippen MR) is 96.7 cm³/mol. The quantitative estimate of drug-likeness (QED) is 0.354. The van der Waals surface area contributed by atoms with Crippen LogP contribution >= 0.6 is 20.0 Å². The lowest BCUT2D eigenvalue weighted by Gasteiger charge is -2.32. The Labute approximate surface area is 172 Å². The number of fused-ring (bicyclic) bond motifs is 1. The molecule has 1 aromatic carbocycles. The Morgan fingerprint density at radius 2 is 2.10 bits per heavy atom. The van der Waals surface area contributed by atoms with Gasteiger partial charge in [-0.1, -0.05) is 0 Å². The summed E-state index contributed by atoms with van der Waals surface area (Å²) in [7, 11) is -4.49. The molecule has 2 aliphatic rings. The molecule has 0 amide bonds. The van der Waals surface area contributed by atoms with Crippen molar-refractivity contribution in [2.45, 2.75) is 37.8 Å². The number of aromatic nitrogens is 2. The standard InChI is InChI=1S/C16H15F2N2O8PS/c17-9-1-2-11-8(5-9)7-25-29(24,27-11)28-16(22,23)12-3-4-13(26-12)20-6-10(18)14(21)19-15(20)30/h1-2,5-6,12-13,22-23H,3-4,7H2,(H,19,21,30). The third kappa shape index (κ3) is 4.10. The lowest BCUT2D eigenvalue weighted by molar-refractivity contribution is -0.349. The number of halogens is 2. The molecule has 0 aliphatic carbocycles. The van der Waals surface area contributed by atoms with E-state index in [0.717, 1.165) is 22.9 Å². The first-order valence-corrected chi connectivity index (χ1v) is 10.5. The summed E-state index contributed by atoms with van der Waals surface area (Å²) in [6.07, 6.45) is -1.43. The molecular weight excluding hydrogens is 449 g/mol. The smallest absolute Gasteiger partial charge is 0.404 e. The zero-order valence-electron chi connectivity index (χ0n) is 15.0. The number of hydrogen-bond acceptors (Lipinski definition) is 9. The van der Waals surface area contributed by atoms with Gasteiger partial charge in [0.15, 0.2) is 4.77 Å². The number of nitrogens with one attached hydrogen (secondary N) is 1. The van der Waals surface area contributed by atoms with Crippen LogP contribution in [0.1, 0.15) is 24.6 Å². The van der Waals surface area contributed by atoms with E-state index in [2.05, 4.69) is 4.98 Å². The average Bonchev–Trinajstić information content (AvgIpc) is 3.15. The van der Waals surface area contributed by atoms with Crippen LogP contribution in [0.15, 0.2) is 29.2 Å². The van der Waals surface area contributed by atoms with Crippen molar-refractivity contribution >= 4 is 20.0 Å². The minimum Gasteiger partial charge on any atom is -0.404 e. The Balaban J connectivity index is 1.49. The maximum atomic E-state index is 13.6. The van der Waals surface area contributed by atoms with Crippen LogP contribution in [0, 0.1) is 16.4 Å². The molecule has 0 radical (unpaired) electrons.